The van der Waals surface area contributed by atoms with Gasteiger partial charge < -0.3 is 0 Å². The molecule has 0 bridgehead atoms. The van der Waals surface area contributed by atoms with E-state index in [-0.39, 0.29) is 11.2 Å². The molecule has 0 amide bonds. The average Bonchev–Trinajstić information content (AvgIpc) is 3.08. The van der Waals surface area contributed by atoms with Gasteiger partial charge in [-0.1, -0.05) is 53.6 Å². The van der Waals surface area contributed by atoms with Gasteiger partial charge >= 0.3 is 5.69 Å². The summed E-state index contributed by atoms with van der Waals surface area (Å²) in [5.74, 6) is 0.343. The van der Waals surface area contributed by atoms with Crippen molar-refractivity contribution >= 4 is 34.9 Å². The number of aromatic amines is 1. The number of nitrogens with one attached hydrogen (secondary N) is 2. The maximum atomic E-state index is 12.5. The zero-order valence-corrected chi connectivity index (χ0v) is 17.1. The monoisotopic (exact) mass is 422 g/mol. The summed E-state index contributed by atoms with van der Waals surface area (Å²) in [5, 5.41) is 4.88. The van der Waals surface area contributed by atoms with Crippen molar-refractivity contribution in [1.29, 1.82) is 0 Å². The van der Waals surface area contributed by atoms with Gasteiger partial charge in [-0.2, -0.15) is 10.1 Å². The predicted octanol–water partition coefficient (Wildman–Crippen LogP) is 2.88. The highest BCUT2D eigenvalue weighted by molar-refractivity contribution is 6.30. The van der Waals surface area contributed by atoms with Gasteiger partial charge in [0.25, 0.3) is 5.56 Å². The minimum Gasteiger partial charge on any atom is -0.298 e. The van der Waals surface area contributed by atoms with Gasteiger partial charge in [-0.05, 0) is 30.2 Å². The molecule has 0 fully saturated rings. The number of imidazole rings is 1. The van der Waals surface area contributed by atoms with E-state index < -0.39 is 11.2 Å². The van der Waals surface area contributed by atoms with Crippen LogP contribution in [0.15, 0.2) is 63.2 Å². The molecule has 0 saturated carbocycles. The maximum Gasteiger partial charge on any atom is 0.329 e. The van der Waals surface area contributed by atoms with Crippen LogP contribution >= 0.6 is 11.6 Å². The van der Waals surface area contributed by atoms with Crippen LogP contribution in [-0.2, 0) is 13.6 Å². The topological polar surface area (TPSA) is 97.1 Å². The van der Waals surface area contributed by atoms with Crippen molar-refractivity contribution < 1.29 is 0 Å². The van der Waals surface area contributed by atoms with Gasteiger partial charge in [0.2, 0.25) is 5.95 Å². The molecule has 2 aromatic carbocycles. The summed E-state index contributed by atoms with van der Waals surface area (Å²) in [6, 6.07) is 15.2. The molecule has 0 aliphatic heterocycles. The van der Waals surface area contributed by atoms with Gasteiger partial charge in [0, 0.05) is 12.1 Å². The van der Waals surface area contributed by atoms with Crippen LogP contribution in [0.25, 0.3) is 11.2 Å². The lowest BCUT2D eigenvalue weighted by Gasteiger charge is -2.08. The second-order valence-electron chi connectivity index (χ2n) is 6.92. The third kappa shape index (κ3) is 3.90. The van der Waals surface area contributed by atoms with Crippen molar-refractivity contribution in [2.45, 2.75) is 13.5 Å². The minimum absolute atomic E-state index is 0.269. The van der Waals surface area contributed by atoms with Gasteiger partial charge in [0.05, 0.1) is 12.8 Å². The van der Waals surface area contributed by atoms with Gasteiger partial charge in [-0.15, -0.1) is 0 Å². The SMILES string of the molecule is Cc1ccc(C=NNc2nc3c(c(=O)[nH]c(=O)n3C)n2Cc2ccc(Cl)cc2)cc1. The minimum atomic E-state index is -0.529. The molecule has 9 heteroatoms. The highest BCUT2D eigenvalue weighted by atomic mass is 35.5. The maximum absolute atomic E-state index is 12.5. The van der Waals surface area contributed by atoms with Crippen molar-refractivity contribution in [3.05, 3.63) is 91.1 Å². The van der Waals surface area contributed by atoms with E-state index in [4.69, 9.17) is 11.6 Å². The number of benzene rings is 2. The number of aryl methyl sites for hydroxylation is 2. The second-order valence-corrected chi connectivity index (χ2v) is 7.36. The first-order valence-electron chi connectivity index (χ1n) is 9.22. The Hall–Kier alpha value is -3.65. The molecule has 0 spiro atoms. The first-order valence-corrected chi connectivity index (χ1v) is 9.60. The fourth-order valence-electron chi connectivity index (χ4n) is 3.06. The predicted molar refractivity (Wildman–Crippen MR) is 119 cm³/mol. The summed E-state index contributed by atoms with van der Waals surface area (Å²) in [5.41, 5.74) is 5.39. The van der Waals surface area contributed by atoms with E-state index in [2.05, 4.69) is 20.5 Å². The largest absolute Gasteiger partial charge is 0.329 e. The molecule has 4 rings (SSSR count). The van der Waals surface area contributed by atoms with E-state index in [9.17, 15) is 9.59 Å². The quantitative estimate of drug-likeness (QED) is 0.381. The molecule has 152 valence electrons. The van der Waals surface area contributed by atoms with Crippen molar-refractivity contribution in [2.75, 3.05) is 5.43 Å². The highest BCUT2D eigenvalue weighted by Crippen LogP contribution is 2.19. The fraction of sp³-hybridized carbons (Fsp3) is 0.143. The van der Waals surface area contributed by atoms with Crippen LogP contribution in [0.4, 0.5) is 5.95 Å². The first-order chi connectivity index (χ1) is 14.4. The van der Waals surface area contributed by atoms with Crippen molar-refractivity contribution in [3.8, 4) is 0 Å². The van der Waals surface area contributed by atoms with Gasteiger partial charge in [-0.25, -0.2) is 10.2 Å². The van der Waals surface area contributed by atoms with Crippen LogP contribution in [0.2, 0.25) is 5.02 Å². The molecule has 0 saturated heterocycles. The van der Waals surface area contributed by atoms with E-state index in [1.807, 2.05) is 43.3 Å². The number of hydrazone groups is 1. The van der Waals surface area contributed by atoms with Crippen LogP contribution in [0.1, 0.15) is 16.7 Å². The number of hydrogen-bond acceptors (Lipinski definition) is 5. The average molecular weight is 423 g/mol. The molecular weight excluding hydrogens is 404 g/mol. The van der Waals surface area contributed by atoms with Gasteiger partial charge in [-0.3, -0.25) is 18.9 Å². The van der Waals surface area contributed by atoms with E-state index in [1.54, 1.807) is 30.0 Å². The normalized spacial score (nSPS) is 11.4. The number of hydrogen-bond donors (Lipinski definition) is 2. The highest BCUT2D eigenvalue weighted by Gasteiger charge is 2.17. The summed E-state index contributed by atoms with van der Waals surface area (Å²) in [6.45, 7) is 2.36. The number of aromatic nitrogens is 4. The smallest absolute Gasteiger partial charge is 0.298 e. The Kier molecular flexibility index (Phi) is 5.24. The summed E-state index contributed by atoms with van der Waals surface area (Å²) >= 11 is 5.98. The lowest BCUT2D eigenvalue weighted by Crippen LogP contribution is -2.29. The van der Waals surface area contributed by atoms with E-state index in [1.165, 1.54) is 4.57 Å². The lowest BCUT2D eigenvalue weighted by atomic mass is 10.2. The third-order valence-corrected chi connectivity index (χ3v) is 4.97. The zero-order chi connectivity index (χ0) is 21.3. The molecule has 0 radical (unpaired) electrons. The molecule has 8 nitrogen and oxygen atoms in total. The Morgan fingerprint density at radius 1 is 1.13 bits per heavy atom. The Morgan fingerprint density at radius 2 is 1.83 bits per heavy atom. The van der Waals surface area contributed by atoms with Crippen molar-refractivity contribution in [3.63, 3.8) is 0 Å². The zero-order valence-electron chi connectivity index (χ0n) is 16.4. The van der Waals surface area contributed by atoms with Gasteiger partial charge in [0.15, 0.2) is 11.2 Å². The molecule has 30 heavy (non-hydrogen) atoms. The van der Waals surface area contributed by atoms with E-state index in [0.717, 1.165) is 16.7 Å². The Labute approximate surface area is 176 Å². The summed E-state index contributed by atoms with van der Waals surface area (Å²) < 4.78 is 2.98. The molecular formula is C21H19ClN6O2. The summed E-state index contributed by atoms with van der Waals surface area (Å²) in [7, 11) is 1.56. The lowest BCUT2D eigenvalue weighted by molar-refractivity contribution is 0.808. The number of halogens is 1. The molecule has 0 aliphatic rings. The number of anilines is 1. The number of rotatable bonds is 5. The molecule has 0 unspecified atom stereocenters. The number of nitrogens with zero attached hydrogens (tertiary/aromatic N) is 4. The van der Waals surface area contributed by atoms with Crippen LogP contribution in [0.3, 0.4) is 0 Å². The molecule has 2 aromatic heterocycles. The fourth-order valence-corrected chi connectivity index (χ4v) is 3.19. The molecule has 2 N–H and O–H groups in total. The van der Waals surface area contributed by atoms with Crippen LogP contribution < -0.4 is 16.7 Å². The Morgan fingerprint density at radius 3 is 2.53 bits per heavy atom. The number of fused-ring (bicyclic) bond motifs is 1. The van der Waals surface area contributed by atoms with Gasteiger partial charge in [0.1, 0.15) is 0 Å². The summed E-state index contributed by atoms with van der Waals surface area (Å²) in [4.78, 5) is 31.3. The van der Waals surface area contributed by atoms with E-state index in [0.29, 0.717) is 17.5 Å². The Balaban J connectivity index is 1.77. The Bertz CT molecular complexity index is 1350. The van der Waals surface area contributed by atoms with E-state index >= 15 is 0 Å². The standard InChI is InChI=1S/C21H19ClN6O2/c1-13-3-5-14(6-4-13)11-23-26-20-24-18-17(19(29)25-21(30)27(18)2)28(20)12-15-7-9-16(22)10-8-15/h3-11H,12H2,1-2H3,(H,24,26)(H,25,29,30). The second kappa shape index (κ2) is 8.00. The number of H-pyrrole nitrogens is 1. The first kappa shape index (κ1) is 19.7. The molecule has 0 aliphatic carbocycles. The molecule has 0 atom stereocenters. The van der Waals surface area contributed by atoms with Crippen LogP contribution in [0, 0.1) is 6.92 Å². The summed E-state index contributed by atoms with van der Waals surface area (Å²) in [6.07, 6.45) is 1.66. The molecule has 4 aromatic rings. The van der Waals surface area contributed by atoms with Crippen molar-refractivity contribution in [2.24, 2.45) is 12.1 Å². The van der Waals surface area contributed by atoms with Crippen LogP contribution in [0.5, 0.6) is 0 Å². The van der Waals surface area contributed by atoms with Crippen LogP contribution in [-0.4, -0.2) is 25.3 Å². The van der Waals surface area contributed by atoms with Crippen molar-refractivity contribution in [1.82, 2.24) is 19.1 Å². The molecule has 2 heterocycles. The third-order valence-electron chi connectivity index (χ3n) is 4.72.